The summed E-state index contributed by atoms with van der Waals surface area (Å²) in [5.41, 5.74) is 5.15. The molecule has 2 aliphatic carbocycles. The van der Waals surface area contributed by atoms with E-state index in [4.69, 9.17) is 0 Å². The summed E-state index contributed by atoms with van der Waals surface area (Å²) in [6, 6.07) is 2.20. The third-order valence-electron chi connectivity index (χ3n) is 4.10. The number of rotatable bonds is 1. The molecule has 2 aliphatic rings. The fourth-order valence-electron chi connectivity index (χ4n) is 2.96. The van der Waals surface area contributed by atoms with Crippen LogP contribution in [-0.2, 0) is 12.8 Å². The maximum absolute atomic E-state index is 11.9. The van der Waals surface area contributed by atoms with Crippen LogP contribution in [0.2, 0.25) is 0 Å². The van der Waals surface area contributed by atoms with Crippen molar-refractivity contribution in [2.45, 2.75) is 38.5 Å². The summed E-state index contributed by atoms with van der Waals surface area (Å²) in [6.07, 6.45) is 9.03. The van der Waals surface area contributed by atoms with Gasteiger partial charge in [0.2, 0.25) is 0 Å². The Bertz CT molecular complexity index is 774. The van der Waals surface area contributed by atoms with Crippen molar-refractivity contribution in [3.63, 3.8) is 0 Å². The minimum Gasteiger partial charge on any atom is -0.359 e. The van der Waals surface area contributed by atoms with Crippen molar-refractivity contribution in [2.75, 3.05) is 0 Å². The summed E-state index contributed by atoms with van der Waals surface area (Å²) < 4.78 is 0. The zero-order valence-corrected chi connectivity index (χ0v) is 10.8. The first-order valence-corrected chi connectivity index (χ1v) is 7.02. The van der Waals surface area contributed by atoms with Crippen LogP contribution in [0.3, 0.4) is 0 Å². The van der Waals surface area contributed by atoms with Gasteiger partial charge in [-0.2, -0.15) is 0 Å². The van der Waals surface area contributed by atoms with Crippen molar-refractivity contribution in [1.82, 2.24) is 15.2 Å². The first-order chi connectivity index (χ1) is 9.31. The number of hydrogen-bond acceptors (Lipinski definition) is 1. The highest BCUT2D eigenvalue weighted by molar-refractivity contribution is 5.58. The standard InChI is InChI=1S/C15H17N3O/c19-15-12(14(17-18-15)9-5-6-9)8-11-7-10-3-1-2-4-13(10)16-11/h7-8,16-17H,1-6H2,(H,18,19). The normalized spacial score (nSPS) is 18.7. The van der Waals surface area contributed by atoms with Crippen LogP contribution in [0.4, 0.5) is 0 Å². The molecule has 0 radical (unpaired) electrons. The highest BCUT2D eigenvalue weighted by Crippen LogP contribution is 2.26. The summed E-state index contributed by atoms with van der Waals surface area (Å²) in [7, 11) is 0. The van der Waals surface area contributed by atoms with Crippen molar-refractivity contribution < 1.29 is 0 Å². The molecule has 4 rings (SSSR count). The van der Waals surface area contributed by atoms with Crippen LogP contribution in [0.25, 0.3) is 11.6 Å². The molecule has 2 heterocycles. The van der Waals surface area contributed by atoms with Crippen LogP contribution < -0.4 is 16.1 Å². The molecule has 0 amide bonds. The Balaban J connectivity index is 1.89. The Morgan fingerprint density at radius 3 is 2.68 bits per heavy atom. The molecule has 4 nitrogen and oxygen atoms in total. The molecule has 0 spiro atoms. The van der Waals surface area contributed by atoms with E-state index in [1.54, 1.807) is 0 Å². The van der Waals surface area contributed by atoms with Crippen molar-refractivity contribution >= 4 is 11.6 Å². The minimum atomic E-state index is -0.0260. The topological polar surface area (TPSA) is 64.4 Å². The van der Waals surface area contributed by atoms with Crippen LogP contribution in [0.15, 0.2) is 10.9 Å². The van der Waals surface area contributed by atoms with Gasteiger partial charge in [-0.1, -0.05) is 0 Å². The maximum atomic E-state index is 11.9. The van der Waals surface area contributed by atoms with Gasteiger partial charge in [-0.25, -0.2) is 0 Å². The monoisotopic (exact) mass is 255 g/mol. The molecule has 1 fully saturated rings. The zero-order valence-electron chi connectivity index (χ0n) is 10.8. The van der Waals surface area contributed by atoms with E-state index in [9.17, 15) is 4.79 Å². The molecular formula is C15H17N3O. The van der Waals surface area contributed by atoms with Gasteiger partial charge in [-0.3, -0.25) is 15.0 Å². The molecular weight excluding hydrogens is 238 g/mol. The van der Waals surface area contributed by atoms with E-state index < -0.39 is 0 Å². The van der Waals surface area contributed by atoms with E-state index in [1.165, 1.54) is 29.7 Å². The molecule has 0 unspecified atom stereocenters. The van der Waals surface area contributed by atoms with Crippen LogP contribution in [0.1, 0.15) is 42.6 Å². The Kier molecular flexibility index (Phi) is 2.31. The van der Waals surface area contributed by atoms with E-state index in [-0.39, 0.29) is 5.56 Å². The van der Waals surface area contributed by atoms with E-state index in [2.05, 4.69) is 21.2 Å². The molecule has 0 aliphatic heterocycles. The highest BCUT2D eigenvalue weighted by atomic mass is 16.1. The van der Waals surface area contributed by atoms with Gasteiger partial charge in [0.1, 0.15) is 0 Å². The number of aromatic nitrogens is 3. The summed E-state index contributed by atoms with van der Waals surface area (Å²) in [5, 5.41) is 7.46. The molecule has 3 N–H and O–H groups in total. The lowest BCUT2D eigenvalue weighted by Gasteiger charge is -2.08. The number of nitrogens with one attached hydrogen (secondary N) is 3. The van der Waals surface area contributed by atoms with E-state index in [0.717, 1.165) is 41.9 Å². The fourth-order valence-corrected chi connectivity index (χ4v) is 2.96. The first kappa shape index (κ1) is 10.9. The van der Waals surface area contributed by atoms with Crippen LogP contribution in [0, 0.1) is 0 Å². The average Bonchev–Trinajstić information content (AvgIpc) is 3.07. The lowest BCUT2D eigenvalue weighted by atomic mass is 9.98. The number of aromatic amines is 3. The van der Waals surface area contributed by atoms with Crippen molar-refractivity contribution in [2.24, 2.45) is 0 Å². The fraction of sp³-hybridized carbons (Fsp3) is 0.400. The van der Waals surface area contributed by atoms with Crippen LogP contribution in [-0.4, -0.2) is 15.2 Å². The lowest BCUT2D eigenvalue weighted by Crippen LogP contribution is -2.33. The second-order valence-corrected chi connectivity index (χ2v) is 5.55. The van der Waals surface area contributed by atoms with Gasteiger partial charge in [0.15, 0.2) is 0 Å². The van der Waals surface area contributed by atoms with Gasteiger partial charge in [-0.15, -0.1) is 0 Å². The molecule has 4 heteroatoms. The second-order valence-electron chi connectivity index (χ2n) is 5.55. The molecule has 19 heavy (non-hydrogen) atoms. The number of H-pyrrole nitrogens is 3. The molecule has 98 valence electrons. The zero-order chi connectivity index (χ0) is 12.8. The predicted octanol–water partition coefficient (Wildman–Crippen LogP) is 0.683. The van der Waals surface area contributed by atoms with Crippen molar-refractivity contribution in [3.8, 4) is 0 Å². The Morgan fingerprint density at radius 2 is 1.89 bits per heavy atom. The van der Waals surface area contributed by atoms with Gasteiger partial charge in [-0.05, 0) is 61.8 Å². The predicted molar refractivity (Wildman–Crippen MR) is 74.3 cm³/mol. The molecule has 0 saturated heterocycles. The average molecular weight is 255 g/mol. The van der Waals surface area contributed by atoms with Gasteiger partial charge in [0, 0.05) is 11.4 Å². The Hall–Kier alpha value is -1.97. The van der Waals surface area contributed by atoms with Crippen molar-refractivity contribution in [1.29, 1.82) is 0 Å². The first-order valence-electron chi connectivity index (χ1n) is 7.02. The Morgan fingerprint density at radius 1 is 1.05 bits per heavy atom. The number of fused-ring (bicyclic) bond motifs is 1. The van der Waals surface area contributed by atoms with E-state index in [0.29, 0.717) is 0 Å². The summed E-state index contributed by atoms with van der Waals surface area (Å²) >= 11 is 0. The quantitative estimate of drug-likeness (QED) is 0.689. The SMILES string of the molecule is O=c1[nH][nH]c(=C2CC2)c1=Cc1cc2c([nH]1)CCCC2. The molecule has 1 saturated carbocycles. The van der Waals surface area contributed by atoms with E-state index >= 15 is 0 Å². The largest absolute Gasteiger partial charge is 0.359 e. The van der Waals surface area contributed by atoms with E-state index in [1.807, 2.05) is 6.08 Å². The summed E-state index contributed by atoms with van der Waals surface area (Å²) in [5.74, 6) is 0. The number of hydrogen-bond donors (Lipinski definition) is 3. The van der Waals surface area contributed by atoms with Crippen LogP contribution >= 0.6 is 0 Å². The summed E-state index contributed by atoms with van der Waals surface area (Å²) in [6.45, 7) is 0. The lowest BCUT2D eigenvalue weighted by molar-refractivity contribution is 0.677. The molecule has 0 atom stereocenters. The number of aryl methyl sites for hydroxylation is 2. The molecule has 2 aromatic rings. The molecule has 2 aromatic heterocycles. The third-order valence-corrected chi connectivity index (χ3v) is 4.10. The molecule has 0 bridgehead atoms. The third kappa shape index (κ3) is 1.87. The highest BCUT2D eigenvalue weighted by Gasteiger charge is 2.15. The Labute approximate surface area is 110 Å². The van der Waals surface area contributed by atoms with Gasteiger partial charge in [0.25, 0.3) is 5.56 Å². The smallest absolute Gasteiger partial charge is 0.271 e. The molecule has 0 aromatic carbocycles. The summed E-state index contributed by atoms with van der Waals surface area (Å²) in [4.78, 5) is 15.3. The van der Waals surface area contributed by atoms with Gasteiger partial charge >= 0.3 is 0 Å². The van der Waals surface area contributed by atoms with Gasteiger partial charge in [0.05, 0.1) is 10.6 Å². The van der Waals surface area contributed by atoms with Crippen LogP contribution in [0.5, 0.6) is 0 Å². The second kappa shape index (κ2) is 4.02. The minimum absolute atomic E-state index is 0.0260. The maximum Gasteiger partial charge on any atom is 0.271 e. The van der Waals surface area contributed by atoms with Crippen molar-refractivity contribution in [3.05, 3.63) is 43.9 Å². The van der Waals surface area contributed by atoms with Gasteiger partial charge < -0.3 is 4.98 Å².